The van der Waals surface area contributed by atoms with Crippen molar-refractivity contribution in [1.29, 1.82) is 0 Å². The molecule has 0 aliphatic carbocycles. The molecule has 1 amide bonds. The third kappa shape index (κ3) is 3.78. The van der Waals surface area contributed by atoms with E-state index >= 15 is 0 Å². The zero-order valence-electron chi connectivity index (χ0n) is 13.1. The van der Waals surface area contributed by atoms with Crippen LogP contribution in [-0.4, -0.2) is 27.1 Å². The Morgan fingerprint density at radius 1 is 1.00 bits per heavy atom. The van der Waals surface area contributed by atoms with E-state index < -0.39 is 0 Å². The van der Waals surface area contributed by atoms with Crippen molar-refractivity contribution in [3.63, 3.8) is 0 Å². The molecule has 0 bridgehead atoms. The molecule has 2 heterocycles. The lowest BCUT2D eigenvalue weighted by Crippen LogP contribution is -2.29. The number of aromatic nitrogens is 3. The summed E-state index contributed by atoms with van der Waals surface area (Å²) in [6.07, 6.45) is 8.44. The smallest absolute Gasteiger partial charge is 0.255 e. The Labute approximate surface area is 144 Å². The molecule has 0 aliphatic rings. The van der Waals surface area contributed by atoms with Crippen molar-refractivity contribution in [3.05, 3.63) is 83.9 Å². The van der Waals surface area contributed by atoms with Crippen molar-refractivity contribution in [3.8, 4) is 0 Å². The summed E-state index contributed by atoms with van der Waals surface area (Å²) in [6, 6.07) is 13.3. The molecule has 3 aromatic rings. The summed E-state index contributed by atoms with van der Waals surface area (Å²) in [7, 11) is 0. The predicted octanol–water partition coefficient (Wildman–Crippen LogP) is 3.11. The number of thioether (sulfide) groups is 1. The van der Waals surface area contributed by atoms with Gasteiger partial charge in [0.15, 0.2) is 5.16 Å². The van der Waals surface area contributed by atoms with Gasteiger partial charge in [0, 0.05) is 24.8 Å². The molecule has 1 aromatic carbocycles. The van der Waals surface area contributed by atoms with Crippen molar-refractivity contribution in [2.45, 2.75) is 11.2 Å². The highest BCUT2D eigenvalue weighted by atomic mass is 32.2. The molecular weight excluding hydrogens is 320 g/mol. The topological polar surface area (TPSA) is 67.8 Å². The highest BCUT2D eigenvalue weighted by Gasteiger charge is 2.18. The summed E-state index contributed by atoms with van der Waals surface area (Å²) >= 11 is 1.43. The van der Waals surface area contributed by atoms with E-state index in [4.69, 9.17) is 0 Å². The third-order valence-corrected chi connectivity index (χ3v) is 4.07. The van der Waals surface area contributed by atoms with Gasteiger partial charge in [0.25, 0.3) is 5.91 Å². The quantitative estimate of drug-likeness (QED) is 0.573. The number of pyridine rings is 1. The van der Waals surface area contributed by atoms with Crippen molar-refractivity contribution in [2.24, 2.45) is 0 Å². The van der Waals surface area contributed by atoms with Gasteiger partial charge in [-0.25, -0.2) is 9.97 Å². The van der Waals surface area contributed by atoms with E-state index in [-0.39, 0.29) is 11.9 Å². The van der Waals surface area contributed by atoms with Crippen LogP contribution < -0.4 is 5.32 Å². The normalized spacial score (nSPS) is 11.7. The predicted molar refractivity (Wildman–Crippen MR) is 93.8 cm³/mol. The average Bonchev–Trinajstić information content (AvgIpc) is 2.67. The molecule has 1 N–H and O–H groups in total. The number of rotatable bonds is 5. The van der Waals surface area contributed by atoms with E-state index in [9.17, 15) is 4.79 Å². The molecule has 120 valence electrons. The fourth-order valence-corrected chi connectivity index (χ4v) is 2.62. The van der Waals surface area contributed by atoms with Crippen LogP contribution in [-0.2, 0) is 0 Å². The highest BCUT2D eigenvalue weighted by molar-refractivity contribution is 7.98. The molecule has 0 radical (unpaired) electrons. The van der Waals surface area contributed by atoms with E-state index in [0.29, 0.717) is 10.7 Å². The summed E-state index contributed by atoms with van der Waals surface area (Å²) in [6.45, 7) is 0. The van der Waals surface area contributed by atoms with Gasteiger partial charge in [0.05, 0.1) is 11.6 Å². The zero-order chi connectivity index (χ0) is 16.8. The molecule has 2 aromatic heterocycles. The average molecular weight is 336 g/mol. The van der Waals surface area contributed by atoms with Crippen LogP contribution in [0.2, 0.25) is 0 Å². The monoisotopic (exact) mass is 336 g/mol. The van der Waals surface area contributed by atoms with Crippen LogP contribution in [0.4, 0.5) is 0 Å². The van der Waals surface area contributed by atoms with Crippen LogP contribution in [0.5, 0.6) is 0 Å². The second kappa shape index (κ2) is 7.70. The van der Waals surface area contributed by atoms with Gasteiger partial charge >= 0.3 is 0 Å². The number of nitrogens with one attached hydrogen (secondary N) is 1. The summed E-state index contributed by atoms with van der Waals surface area (Å²) in [5.41, 5.74) is 2.33. The summed E-state index contributed by atoms with van der Waals surface area (Å²) in [5.74, 6) is -0.222. The first-order valence-electron chi connectivity index (χ1n) is 7.39. The van der Waals surface area contributed by atoms with E-state index in [2.05, 4.69) is 20.3 Å². The van der Waals surface area contributed by atoms with Gasteiger partial charge < -0.3 is 5.32 Å². The van der Waals surface area contributed by atoms with Gasteiger partial charge in [0.1, 0.15) is 0 Å². The molecule has 1 atom stereocenters. The number of hydrogen-bond acceptors (Lipinski definition) is 5. The Morgan fingerprint density at radius 3 is 2.33 bits per heavy atom. The maximum atomic E-state index is 12.6. The lowest BCUT2D eigenvalue weighted by atomic mass is 10.00. The maximum absolute atomic E-state index is 12.6. The van der Waals surface area contributed by atoms with Gasteiger partial charge in [-0.2, -0.15) is 0 Å². The van der Waals surface area contributed by atoms with Gasteiger partial charge in [0.2, 0.25) is 0 Å². The Hall–Kier alpha value is -2.73. The molecule has 0 saturated carbocycles. The van der Waals surface area contributed by atoms with Crippen molar-refractivity contribution in [1.82, 2.24) is 20.3 Å². The Bertz CT molecular complexity index is 755. The number of nitrogens with zero attached hydrogens (tertiary/aromatic N) is 3. The molecule has 6 heteroatoms. The van der Waals surface area contributed by atoms with Crippen LogP contribution in [0.3, 0.4) is 0 Å². The minimum atomic E-state index is -0.285. The fraction of sp³-hybridized carbons (Fsp3) is 0.111. The van der Waals surface area contributed by atoms with Crippen LogP contribution in [0.1, 0.15) is 27.5 Å². The van der Waals surface area contributed by atoms with E-state index in [1.165, 1.54) is 11.8 Å². The highest BCUT2D eigenvalue weighted by Crippen LogP contribution is 2.21. The summed E-state index contributed by atoms with van der Waals surface area (Å²) in [5, 5.41) is 3.68. The zero-order valence-corrected chi connectivity index (χ0v) is 13.9. The van der Waals surface area contributed by atoms with E-state index in [0.717, 1.165) is 11.1 Å². The van der Waals surface area contributed by atoms with Crippen LogP contribution in [0, 0.1) is 0 Å². The van der Waals surface area contributed by atoms with Crippen LogP contribution >= 0.6 is 11.8 Å². The first-order valence-corrected chi connectivity index (χ1v) is 8.62. The molecule has 0 saturated heterocycles. The number of carbonyl (C=O) groups is 1. The fourth-order valence-electron chi connectivity index (χ4n) is 2.30. The number of carbonyl (C=O) groups excluding carboxylic acids is 1. The SMILES string of the molecule is CSc1ncc(C(=O)N[C@H](c2ccccc2)c2cccnc2)cn1. The maximum Gasteiger partial charge on any atom is 0.255 e. The van der Waals surface area contributed by atoms with Gasteiger partial charge in [-0.15, -0.1) is 0 Å². The minimum absolute atomic E-state index is 0.222. The standard InChI is InChI=1S/C18H16N4OS/c1-24-18-20-11-15(12-21-18)17(23)22-16(13-6-3-2-4-7-13)14-8-5-9-19-10-14/h2-12,16H,1H3,(H,22,23)/t16-/m1/s1. The molecule has 0 aliphatic heterocycles. The lowest BCUT2D eigenvalue weighted by Gasteiger charge is -2.19. The molecule has 5 nitrogen and oxygen atoms in total. The van der Waals surface area contributed by atoms with Crippen molar-refractivity contribution in [2.75, 3.05) is 6.26 Å². The minimum Gasteiger partial charge on any atom is -0.341 e. The molecule has 0 spiro atoms. The lowest BCUT2D eigenvalue weighted by molar-refractivity contribution is 0.0942. The molecule has 3 rings (SSSR count). The molecule has 0 unspecified atom stereocenters. The van der Waals surface area contributed by atoms with Gasteiger partial charge in [-0.1, -0.05) is 48.2 Å². The number of hydrogen-bond donors (Lipinski definition) is 1. The first-order chi connectivity index (χ1) is 11.8. The van der Waals surface area contributed by atoms with E-state index in [1.54, 1.807) is 24.8 Å². The van der Waals surface area contributed by atoms with Gasteiger partial charge in [-0.05, 0) is 23.4 Å². The van der Waals surface area contributed by atoms with Crippen molar-refractivity contribution >= 4 is 17.7 Å². The summed E-state index contributed by atoms with van der Waals surface area (Å²) < 4.78 is 0. The second-order valence-electron chi connectivity index (χ2n) is 5.06. The molecule has 0 fully saturated rings. The molecule has 24 heavy (non-hydrogen) atoms. The van der Waals surface area contributed by atoms with Crippen LogP contribution in [0.25, 0.3) is 0 Å². The Morgan fingerprint density at radius 2 is 1.71 bits per heavy atom. The Kier molecular flexibility index (Phi) is 5.18. The largest absolute Gasteiger partial charge is 0.341 e. The van der Waals surface area contributed by atoms with Gasteiger partial charge in [-0.3, -0.25) is 9.78 Å². The number of amides is 1. The Balaban J connectivity index is 1.87. The third-order valence-electron chi connectivity index (χ3n) is 3.50. The first kappa shape index (κ1) is 16.1. The van der Waals surface area contributed by atoms with Crippen LogP contribution in [0.15, 0.2) is 72.4 Å². The summed E-state index contributed by atoms with van der Waals surface area (Å²) in [4.78, 5) is 25.0. The molecular formula is C18H16N4OS. The van der Waals surface area contributed by atoms with E-state index in [1.807, 2.05) is 48.7 Å². The second-order valence-corrected chi connectivity index (χ2v) is 5.84. The number of benzene rings is 1. The van der Waals surface area contributed by atoms with Crippen molar-refractivity contribution < 1.29 is 4.79 Å².